The Kier molecular flexibility index (Phi) is 6.12. The molecule has 148 valence electrons. The van der Waals surface area contributed by atoms with Gasteiger partial charge in [0.25, 0.3) is 5.92 Å². The van der Waals surface area contributed by atoms with Gasteiger partial charge in [-0.3, -0.25) is 19.8 Å². The minimum Gasteiger partial charge on any atom is -0.352 e. The van der Waals surface area contributed by atoms with Gasteiger partial charge in [-0.25, -0.2) is 8.78 Å². The van der Waals surface area contributed by atoms with Crippen molar-refractivity contribution in [2.45, 2.75) is 57.0 Å². The van der Waals surface area contributed by atoms with Gasteiger partial charge in [0.1, 0.15) is 0 Å². The summed E-state index contributed by atoms with van der Waals surface area (Å²) in [5, 5.41) is 5.75. The van der Waals surface area contributed by atoms with Crippen LogP contribution < -0.4 is 10.6 Å². The van der Waals surface area contributed by atoms with Crippen molar-refractivity contribution in [3.05, 3.63) is 0 Å². The molecule has 3 rings (SSSR count). The molecule has 3 aliphatic rings. The van der Waals surface area contributed by atoms with Gasteiger partial charge in [0.05, 0.1) is 19.1 Å². The first-order chi connectivity index (χ1) is 12.3. The van der Waals surface area contributed by atoms with E-state index < -0.39 is 24.9 Å². The molecule has 2 saturated heterocycles. The molecule has 2 amide bonds. The van der Waals surface area contributed by atoms with Gasteiger partial charge >= 0.3 is 0 Å². The lowest BCUT2D eigenvalue weighted by atomic mass is 9.87. The number of amides is 2. The highest BCUT2D eigenvalue weighted by Gasteiger charge is 2.43. The Labute approximate surface area is 153 Å². The van der Waals surface area contributed by atoms with Gasteiger partial charge in [-0.05, 0) is 18.8 Å². The van der Waals surface area contributed by atoms with Crippen LogP contribution in [-0.4, -0.2) is 78.9 Å². The summed E-state index contributed by atoms with van der Waals surface area (Å²) in [6, 6.07) is -0.502. The Morgan fingerprint density at radius 2 is 1.92 bits per heavy atom. The number of hydrogen-bond donors (Lipinski definition) is 2. The van der Waals surface area contributed by atoms with E-state index in [9.17, 15) is 18.4 Å². The second kappa shape index (κ2) is 8.17. The van der Waals surface area contributed by atoms with E-state index in [0.717, 1.165) is 12.8 Å². The molecule has 2 heterocycles. The number of hydrogen-bond acceptors (Lipinski definition) is 4. The molecule has 0 spiro atoms. The fourth-order valence-corrected chi connectivity index (χ4v) is 4.28. The molecule has 3 unspecified atom stereocenters. The third-order valence-corrected chi connectivity index (χ3v) is 5.76. The van der Waals surface area contributed by atoms with Crippen molar-refractivity contribution >= 4 is 11.8 Å². The molecule has 0 radical (unpaired) electrons. The highest BCUT2D eigenvalue weighted by atomic mass is 19.3. The number of nitrogens with one attached hydrogen (secondary N) is 2. The first kappa shape index (κ1) is 19.5. The van der Waals surface area contributed by atoms with Crippen molar-refractivity contribution in [1.29, 1.82) is 0 Å². The zero-order chi connectivity index (χ0) is 18.7. The van der Waals surface area contributed by atoms with Crippen molar-refractivity contribution in [1.82, 2.24) is 20.4 Å². The second-order valence-electron chi connectivity index (χ2n) is 8.13. The lowest BCUT2D eigenvalue weighted by Crippen LogP contribution is -2.54. The van der Waals surface area contributed by atoms with Crippen LogP contribution in [0.3, 0.4) is 0 Å². The van der Waals surface area contributed by atoms with E-state index in [1.165, 1.54) is 12.8 Å². The SMILES string of the molecule is CC1CCCC(NC(=O)CN2CCN(C(=O)C3CC(F)(F)CN3)CC2)C1. The number of alkyl halides is 2. The monoisotopic (exact) mass is 372 g/mol. The van der Waals surface area contributed by atoms with Crippen molar-refractivity contribution in [3.63, 3.8) is 0 Å². The van der Waals surface area contributed by atoms with E-state index in [1.807, 2.05) is 4.90 Å². The highest BCUT2D eigenvalue weighted by molar-refractivity contribution is 5.82. The molecule has 0 aromatic rings. The summed E-state index contributed by atoms with van der Waals surface area (Å²) in [7, 11) is 0. The third kappa shape index (κ3) is 5.13. The smallest absolute Gasteiger partial charge is 0.262 e. The minimum atomic E-state index is -2.79. The molecule has 1 saturated carbocycles. The molecule has 2 aliphatic heterocycles. The van der Waals surface area contributed by atoms with Crippen LogP contribution in [0.25, 0.3) is 0 Å². The van der Waals surface area contributed by atoms with Gasteiger partial charge in [0, 0.05) is 38.6 Å². The first-order valence-corrected chi connectivity index (χ1v) is 9.74. The van der Waals surface area contributed by atoms with Crippen LogP contribution in [0.5, 0.6) is 0 Å². The van der Waals surface area contributed by atoms with E-state index >= 15 is 0 Å². The van der Waals surface area contributed by atoms with Crippen molar-refractivity contribution in [2.75, 3.05) is 39.3 Å². The average Bonchev–Trinajstić information content (AvgIpc) is 2.95. The number of rotatable bonds is 4. The maximum absolute atomic E-state index is 13.3. The van der Waals surface area contributed by atoms with Gasteiger partial charge in [-0.1, -0.05) is 19.8 Å². The summed E-state index contributed by atoms with van der Waals surface area (Å²) in [5.41, 5.74) is 0. The topological polar surface area (TPSA) is 64.7 Å². The molecule has 8 heteroatoms. The molecular weight excluding hydrogens is 342 g/mol. The predicted molar refractivity (Wildman–Crippen MR) is 93.9 cm³/mol. The lowest BCUT2D eigenvalue weighted by molar-refractivity contribution is -0.135. The van der Waals surface area contributed by atoms with Crippen LogP contribution in [-0.2, 0) is 9.59 Å². The molecular formula is C18H30F2N4O2. The average molecular weight is 372 g/mol. The summed E-state index contributed by atoms with van der Waals surface area (Å²) in [6.07, 6.45) is 4.09. The molecule has 26 heavy (non-hydrogen) atoms. The molecule has 1 aliphatic carbocycles. The van der Waals surface area contributed by atoms with Gasteiger partial charge in [-0.15, -0.1) is 0 Å². The van der Waals surface area contributed by atoms with E-state index in [0.29, 0.717) is 38.6 Å². The Hall–Kier alpha value is -1.28. The molecule has 3 atom stereocenters. The Balaban J connectivity index is 1.38. The second-order valence-corrected chi connectivity index (χ2v) is 8.13. The molecule has 3 fully saturated rings. The zero-order valence-corrected chi connectivity index (χ0v) is 15.5. The maximum atomic E-state index is 13.3. The first-order valence-electron chi connectivity index (χ1n) is 9.74. The largest absolute Gasteiger partial charge is 0.352 e. The van der Waals surface area contributed by atoms with Gasteiger partial charge in [0.15, 0.2) is 0 Å². The fourth-order valence-electron chi connectivity index (χ4n) is 4.28. The summed E-state index contributed by atoms with van der Waals surface area (Å²) in [6.45, 7) is 4.30. The van der Waals surface area contributed by atoms with Crippen LogP contribution in [0.1, 0.15) is 39.0 Å². The van der Waals surface area contributed by atoms with Gasteiger partial charge < -0.3 is 10.2 Å². The Bertz CT molecular complexity index is 523. The zero-order valence-electron chi connectivity index (χ0n) is 15.5. The number of piperazine rings is 1. The van der Waals surface area contributed by atoms with Gasteiger partial charge in [-0.2, -0.15) is 0 Å². The van der Waals surface area contributed by atoms with Crippen LogP contribution in [0.15, 0.2) is 0 Å². The minimum absolute atomic E-state index is 0.0426. The number of halogens is 2. The fraction of sp³-hybridized carbons (Fsp3) is 0.889. The van der Waals surface area contributed by atoms with E-state index in [-0.39, 0.29) is 17.9 Å². The van der Waals surface area contributed by atoms with Crippen molar-refractivity contribution < 1.29 is 18.4 Å². The van der Waals surface area contributed by atoms with Crippen LogP contribution >= 0.6 is 0 Å². The predicted octanol–water partition coefficient (Wildman–Crippen LogP) is 0.823. The van der Waals surface area contributed by atoms with E-state index in [1.54, 1.807) is 4.90 Å². The third-order valence-electron chi connectivity index (χ3n) is 5.76. The summed E-state index contributed by atoms with van der Waals surface area (Å²) >= 11 is 0. The maximum Gasteiger partial charge on any atom is 0.262 e. The Morgan fingerprint density at radius 3 is 2.54 bits per heavy atom. The van der Waals surface area contributed by atoms with Crippen LogP contribution in [0, 0.1) is 5.92 Å². The Morgan fingerprint density at radius 1 is 1.19 bits per heavy atom. The molecule has 0 bridgehead atoms. The van der Waals surface area contributed by atoms with Crippen LogP contribution in [0.2, 0.25) is 0 Å². The van der Waals surface area contributed by atoms with E-state index in [4.69, 9.17) is 0 Å². The van der Waals surface area contributed by atoms with Crippen molar-refractivity contribution in [3.8, 4) is 0 Å². The number of carbonyl (C=O) groups excluding carboxylic acids is 2. The highest BCUT2D eigenvalue weighted by Crippen LogP contribution is 2.26. The lowest BCUT2D eigenvalue weighted by Gasteiger charge is -2.36. The summed E-state index contributed by atoms with van der Waals surface area (Å²) in [4.78, 5) is 28.3. The molecule has 0 aromatic carbocycles. The molecule has 6 nitrogen and oxygen atoms in total. The summed E-state index contributed by atoms with van der Waals surface area (Å²) < 4.78 is 26.5. The molecule has 0 aromatic heterocycles. The van der Waals surface area contributed by atoms with E-state index in [2.05, 4.69) is 17.6 Å². The van der Waals surface area contributed by atoms with Gasteiger partial charge in [0.2, 0.25) is 11.8 Å². The number of carbonyl (C=O) groups is 2. The molecule has 2 N–H and O–H groups in total. The number of nitrogens with zero attached hydrogens (tertiary/aromatic N) is 2. The van der Waals surface area contributed by atoms with Crippen LogP contribution in [0.4, 0.5) is 8.78 Å². The van der Waals surface area contributed by atoms with Crippen molar-refractivity contribution in [2.24, 2.45) is 5.92 Å². The normalized spacial score (nSPS) is 32.4. The standard InChI is InChI=1S/C18H30F2N4O2/c1-13-3-2-4-14(9-13)22-16(25)11-23-5-7-24(8-6-23)17(26)15-10-18(19,20)12-21-15/h13-15,21H,2-12H2,1H3,(H,22,25). The summed E-state index contributed by atoms with van der Waals surface area (Å²) in [5.74, 6) is -2.33. The quantitative estimate of drug-likeness (QED) is 0.767.